The smallest absolute Gasteiger partial charge is 0.311 e. The molecule has 0 radical (unpaired) electrons. The van der Waals surface area contributed by atoms with E-state index in [9.17, 15) is 14.4 Å². The molecule has 1 N–H and O–H groups in total. The Morgan fingerprint density at radius 3 is 2.14 bits per heavy atom. The van der Waals surface area contributed by atoms with Gasteiger partial charge in [-0.25, -0.2) is 0 Å². The molecule has 0 aliphatic carbocycles. The zero-order chi connectivity index (χ0) is 28.2. The molecular weight excluding hydrogens is 490 g/mol. The molecule has 1 heterocycles. The van der Waals surface area contributed by atoms with E-state index in [0.29, 0.717) is 6.42 Å². The zero-order valence-electron chi connectivity index (χ0n) is 24.0. The van der Waals surface area contributed by atoms with Crippen molar-refractivity contribution >= 4 is 29.6 Å². The van der Waals surface area contributed by atoms with E-state index < -0.39 is 34.0 Å². The average molecular weight is 536 g/mol. The molecule has 1 aromatic rings. The molecule has 6 atom stereocenters. The number of thioether (sulfide) groups is 1. The lowest BCUT2D eigenvalue weighted by atomic mass is 9.82. The van der Waals surface area contributed by atoms with Crippen LogP contribution >= 0.6 is 11.8 Å². The predicted octanol–water partition coefficient (Wildman–Crippen LogP) is 5.61. The molecule has 1 aromatic carbocycles. The van der Waals surface area contributed by atoms with Crippen molar-refractivity contribution < 1.29 is 28.6 Å². The minimum absolute atomic E-state index is 0.0735. The molecule has 1 aliphatic rings. The summed E-state index contributed by atoms with van der Waals surface area (Å²) in [6.07, 6.45) is -0.682. The van der Waals surface area contributed by atoms with E-state index in [-0.39, 0.29) is 36.3 Å². The van der Waals surface area contributed by atoms with Crippen LogP contribution in [0.3, 0.4) is 0 Å². The highest BCUT2D eigenvalue weighted by Gasteiger charge is 2.50. The van der Waals surface area contributed by atoms with Gasteiger partial charge in [0.1, 0.15) is 11.0 Å². The van der Waals surface area contributed by atoms with Gasteiger partial charge in [-0.1, -0.05) is 43.8 Å². The Labute approximate surface area is 226 Å². The summed E-state index contributed by atoms with van der Waals surface area (Å²) in [5.41, 5.74) is -1.29. The van der Waals surface area contributed by atoms with Gasteiger partial charge in [0.2, 0.25) is 5.91 Å². The van der Waals surface area contributed by atoms with Gasteiger partial charge >= 0.3 is 11.9 Å². The van der Waals surface area contributed by atoms with Gasteiger partial charge in [0.25, 0.3) is 0 Å². The van der Waals surface area contributed by atoms with Gasteiger partial charge in [-0.15, -0.1) is 0 Å². The summed E-state index contributed by atoms with van der Waals surface area (Å²) in [7, 11) is 0. The Morgan fingerprint density at radius 2 is 1.62 bits per heavy atom. The Balaban J connectivity index is 2.40. The van der Waals surface area contributed by atoms with Crippen LogP contribution < -0.4 is 5.32 Å². The summed E-state index contributed by atoms with van der Waals surface area (Å²) < 4.78 is 18.4. The van der Waals surface area contributed by atoms with E-state index in [0.717, 1.165) is 4.90 Å². The van der Waals surface area contributed by atoms with Crippen LogP contribution in [0.4, 0.5) is 0 Å². The van der Waals surface area contributed by atoms with Gasteiger partial charge in [0.05, 0.1) is 29.6 Å². The van der Waals surface area contributed by atoms with Gasteiger partial charge in [-0.2, -0.15) is 0 Å². The van der Waals surface area contributed by atoms with Crippen LogP contribution in [0.25, 0.3) is 0 Å². The number of esters is 2. The zero-order valence-corrected chi connectivity index (χ0v) is 24.9. The summed E-state index contributed by atoms with van der Waals surface area (Å²) in [4.78, 5) is 37.9. The predicted molar refractivity (Wildman–Crippen MR) is 146 cm³/mol. The van der Waals surface area contributed by atoms with E-state index in [1.165, 1.54) is 6.92 Å². The first-order valence-corrected chi connectivity index (χ1v) is 13.8. The van der Waals surface area contributed by atoms with E-state index >= 15 is 0 Å². The molecule has 208 valence electrons. The van der Waals surface area contributed by atoms with Crippen molar-refractivity contribution in [3.8, 4) is 0 Å². The number of carbonyl (C=O) groups is 3. The third-order valence-corrected chi connectivity index (χ3v) is 7.74. The molecular formula is C29H45NO6S. The van der Waals surface area contributed by atoms with Crippen LogP contribution in [-0.2, 0) is 28.6 Å². The van der Waals surface area contributed by atoms with Gasteiger partial charge in [0.15, 0.2) is 0 Å². The number of hydrogen-bond donors (Lipinski definition) is 1. The molecule has 0 spiro atoms. The Hall–Kier alpha value is -2.06. The third-order valence-electron chi connectivity index (χ3n) is 6.53. The van der Waals surface area contributed by atoms with Crippen molar-refractivity contribution in [1.29, 1.82) is 0 Å². The first-order valence-electron chi connectivity index (χ1n) is 13.0. The molecule has 7 nitrogen and oxygen atoms in total. The van der Waals surface area contributed by atoms with E-state index in [4.69, 9.17) is 14.2 Å². The third kappa shape index (κ3) is 9.02. The topological polar surface area (TPSA) is 90.9 Å². The number of amides is 1. The molecule has 37 heavy (non-hydrogen) atoms. The lowest BCUT2D eigenvalue weighted by Crippen LogP contribution is -2.63. The molecule has 8 heteroatoms. The average Bonchev–Trinajstić information content (AvgIpc) is 2.77. The fourth-order valence-corrected chi connectivity index (χ4v) is 5.29. The molecule has 1 saturated heterocycles. The second-order valence-electron chi connectivity index (χ2n) is 12.4. The van der Waals surface area contributed by atoms with Gasteiger partial charge in [-0.05, 0) is 72.4 Å². The van der Waals surface area contributed by atoms with Crippen molar-refractivity contribution in [1.82, 2.24) is 5.32 Å². The first kappa shape index (κ1) is 31.2. The van der Waals surface area contributed by atoms with E-state index in [1.54, 1.807) is 11.8 Å². The van der Waals surface area contributed by atoms with Crippen molar-refractivity contribution in [3.05, 3.63) is 30.3 Å². The molecule has 2 rings (SSSR count). The van der Waals surface area contributed by atoms with Crippen molar-refractivity contribution in [3.63, 3.8) is 0 Å². The number of nitrogens with one attached hydrogen (secondary N) is 1. The minimum atomic E-state index is -0.722. The summed E-state index contributed by atoms with van der Waals surface area (Å²) in [6.45, 7) is 18.6. The summed E-state index contributed by atoms with van der Waals surface area (Å²) in [5.74, 6) is -1.03. The standard InChI is InChI=1S/C29H45NO6S/c1-18(17-34-25(32)27(4,5)6)19(2)24-23(30-20(3)31)22(35-26(33)28(7,8)9)16-29(10,36-24)37-21-14-12-11-13-15-21/h11-15,18-19,22-24H,16-17H2,1-10H3,(H,30,31)/t18-,19-,22-,23-,24?,29+/m1/s1. The Morgan fingerprint density at radius 1 is 1.05 bits per heavy atom. The number of hydrogen-bond acceptors (Lipinski definition) is 7. The fourth-order valence-electron chi connectivity index (χ4n) is 4.09. The second-order valence-corrected chi connectivity index (χ2v) is 14.0. The van der Waals surface area contributed by atoms with Crippen LogP contribution in [0.2, 0.25) is 0 Å². The summed E-state index contributed by atoms with van der Waals surface area (Å²) in [6, 6.07) is 9.38. The monoisotopic (exact) mass is 535 g/mol. The van der Waals surface area contributed by atoms with Crippen LogP contribution in [0, 0.1) is 22.7 Å². The van der Waals surface area contributed by atoms with Crippen LogP contribution in [-0.4, -0.2) is 47.6 Å². The maximum absolute atomic E-state index is 13.0. The molecule has 1 aliphatic heterocycles. The number of benzene rings is 1. The molecule has 0 aromatic heterocycles. The highest BCUT2D eigenvalue weighted by Crippen LogP contribution is 2.45. The molecule has 1 unspecified atom stereocenters. The van der Waals surface area contributed by atoms with Crippen LogP contribution in [0.1, 0.15) is 75.7 Å². The maximum Gasteiger partial charge on any atom is 0.311 e. The van der Waals surface area contributed by atoms with Crippen molar-refractivity contribution in [2.45, 2.75) is 104 Å². The van der Waals surface area contributed by atoms with Crippen LogP contribution in [0.15, 0.2) is 35.2 Å². The molecule has 1 amide bonds. The van der Waals surface area contributed by atoms with Crippen molar-refractivity contribution in [2.75, 3.05) is 6.61 Å². The second kappa shape index (κ2) is 12.2. The van der Waals surface area contributed by atoms with Crippen molar-refractivity contribution in [2.24, 2.45) is 22.7 Å². The fraction of sp³-hybridized carbons (Fsp3) is 0.690. The Kier molecular flexibility index (Phi) is 10.3. The maximum atomic E-state index is 13.0. The number of ether oxygens (including phenoxy) is 3. The summed E-state index contributed by atoms with van der Waals surface area (Å²) >= 11 is 1.57. The molecule has 0 saturated carbocycles. The van der Waals surface area contributed by atoms with Crippen LogP contribution in [0.5, 0.6) is 0 Å². The Bertz CT molecular complexity index is 938. The van der Waals surface area contributed by atoms with Gasteiger partial charge in [0, 0.05) is 18.2 Å². The highest BCUT2D eigenvalue weighted by molar-refractivity contribution is 8.00. The minimum Gasteiger partial charge on any atom is -0.465 e. The number of rotatable bonds is 8. The number of carbonyl (C=O) groups excluding carboxylic acids is 3. The SMILES string of the molecule is CC(=O)N[C@H]1C([C@H](C)[C@H](C)COC(=O)C(C)(C)C)O[C@@](C)(Sc2ccccc2)C[C@H]1OC(=O)C(C)(C)C. The lowest BCUT2D eigenvalue weighted by Gasteiger charge is -2.49. The van der Waals surface area contributed by atoms with Gasteiger partial charge < -0.3 is 19.5 Å². The largest absolute Gasteiger partial charge is 0.465 e. The highest BCUT2D eigenvalue weighted by atomic mass is 32.2. The van der Waals surface area contributed by atoms with Gasteiger partial charge in [-0.3, -0.25) is 14.4 Å². The normalized spacial score (nSPS) is 26.1. The van der Waals surface area contributed by atoms with E-state index in [1.807, 2.05) is 92.6 Å². The first-order chi connectivity index (χ1) is 16.9. The quantitative estimate of drug-likeness (QED) is 0.433. The summed E-state index contributed by atoms with van der Waals surface area (Å²) in [5, 5.41) is 3.01. The lowest BCUT2D eigenvalue weighted by molar-refractivity contribution is -0.189. The molecule has 0 bridgehead atoms. The molecule has 1 fully saturated rings. The van der Waals surface area contributed by atoms with E-state index in [2.05, 4.69) is 5.32 Å².